The number of hydrogen-bond acceptors (Lipinski definition) is 4. The first-order valence-corrected chi connectivity index (χ1v) is 6.84. The van der Waals surface area contributed by atoms with Gasteiger partial charge in [-0.2, -0.15) is 18.3 Å². The zero-order valence-electron chi connectivity index (χ0n) is 11.2. The number of nitro groups is 1. The van der Waals surface area contributed by atoms with Gasteiger partial charge in [0.1, 0.15) is 12.4 Å². The largest absolute Gasteiger partial charge is 0.401 e. The third kappa shape index (κ3) is 2.87. The summed E-state index contributed by atoms with van der Waals surface area (Å²) in [7, 11) is 0. The van der Waals surface area contributed by atoms with E-state index in [2.05, 4.69) is 5.10 Å². The van der Waals surface area contributed by atoms with Crippen LogP contribution in [0.1, 0.15) is 31.7 Å². The number of nitrogens with zero attached hydrogens (tertiary/aromatic N) is 4. The minimum atomic E-state index is -4.18. The second-order valence-corrected chi connectivity index (χ2v) is 5.73. The van der Waals surface area contributed by atoms with E-state index < -0.39 is 17.6 Å². The van der Waals surface area contributed by atoms with Crippen molar-refractivity contribution < 1.29 is 18.1 Å². The van der Waals surface area contributed by atoms with E-state index in [9.17, 15) is 23.3 Å². The molecule has 2 aliphatic rings. The van der Waals surface area contributed by atoms with E-state index in [1.54, 1.807) is 0 Å². The molecule has 116 valence electrons. The fourth-order valence-corrected chi connectivity index (χ4v) is 3.55. The predicted molar refractivity (Wildman–Crippen MR) is 66.7 cm³/mol. The van der Waals surface area contributed by atoms with E-state index in [1.165, 1.54) is 22.0 Å². The molecule has 21 heavy (non-hydrogen) atoms. The van der Waals surface area contributed by atoms with E-state index in [0.717, 1.165) is 12.8 Å². The van der Waals surface area contributed by atoms with Gasteiger partial charge in [-0.3, -0.25) is 19.7 Å². The fourth-order valence-electron chi connectivity index (χ4n) is 3.55. The van der Waals surface area contributed by atoms with Crippen LogP contribution in [-0.4, -0.2) is 44.4 Å². The lowest BCUT2D eigenvalue weighted by Crippen LogP contribution is -2.47. The molecule has 0 N–H and O–H groups in total. The summed E-state index contributed by atoms with van der Waals surface area (Å²) in [6, 6.07) is -0.280. The third-order valence-corrected chi connectivity index (χ3v) is 4.39. The molecule has 0 amide bonds. The SMILES string of the molecule is O=[N+]([O-])c1cnn(C2CC3CC[C@@H](C2)N3CC(F)(F)F)c1. The van der Waals surface area contributed by atoms with E-state index in [0.29, 0.717) is 12.8 Å². The van der Waals surface area contributed by atoms with Crippen molar-refractivity contribution in [1.29, 1.82) is 0 Å². The predicted octanol–water partition coefficient (Wildman–Crippen LogP) is 2.52. The molecule has 2 aliphatic heterocycles. The van der Waals surface area contributed by atoms with E-state index in [1.807, 2.05) is 0 Å². The van der Waals surface area contributed by atoms with Crippen molar-refractivity contribution in [2.24, 2.45) is 0 Å². The van der Waals surface area contributed by atoms with Gasteiger partial charge in [0.2, 0.25) is 0 Å². The summed E-state index contributed by atoms with van der Waals surface area (Å²) in [6.07, 6.45) is 0.990. The van der Waals surface area contributed by atoms with Crippen LogP contribution in [0.5, 0.6) is 0 Å². The van der Waals surface area contributed by atoms with Crippen LogP contribution in [-0.2, 0) is 0 Å². The van der Waals surface area contributed by atoms with Crippen LogP contribution < -0.4 is 0 Å². The highest BCUT2D eigenvalue weighted by Crippen LogP contribution is 2.42. The lowest BCUT2D eigenvalue weighted by molar-refractivity contribution is -0.385. The Balaban J connectivity index is 1.71. The molecule has 0 aliphatic carbocycles. The van der Waals surface area contributed by atoms with Gasteiger partial charge in [0.25, 0.3) is 0 Å². The average molecular weight is 304 g/mol. The zero-order valence-corrected chi connectivity index (χ0v) is 11.2. The van der Waals surface area contributed by atoms with E-state index in [4.69, 9.17) is 0 Å². The number of aromatic nitrogens is 2. The summed E-state index contributed by atoms with van der Waals surface area (Å²) in [5.41, 5.74) is -0.0833. The van der Waals surface area contributed by atoms with Gasteiger partial charge in [-0.15, -0.1) is 0 Å². The lowest BCUT2D eigenvalue weighted by Gasteiger charge is -2.39. The first-order chi connectivity index (χ1) is 9.83. The van der Waals surface area contributed by atoms with E-state index >= 15 is 0 Å². The summed E-state index contributed by atoms with van der Waals surface area (Å²) < 4.78 is 39.3. The highest BCUT2D eigenvalue weighted by molar-refractivity contribution is 5.21. The number of rotatable bonds is 3. The molecule has 2 saturated heterocycles. The van der Waals surface area contributed by atoms with Crippen molar-refractivity contribution in [3.8, 4) is 0 Å². The van der Waals surface area contributed by atoms with E-state index in [-0.39, 0.29) is 23.8 Å². The monoisotopic (exact) mass is 304 g/mol. The quantitative estimate of drug-likeness (QED) is 0.636. The summed E-state index contributed by atoms with van der Waals surface area (Å²) in [6.45, 7) is -0.867. The number of alkyl halides is 3. The second kappa shape index (κ2) is 4.97. The maximum absolute atomic E-state index is 12.6. The second-order valence-electron chi connectivity index (χ2n) is 5.73. The molecule has 1 aromatic rings. The van der Waals surface area contributed by atoms with Crippen LogP contribution in [0, 0.1) is 10.1 Å². The first-order valence-electron chi connectivity index (χ1n) is 6.84. The van der Waals surface area contributed by atoms with Crippen LogP contribution in [0.2, 0.25) is 0 Å². The number of hydrogen-bond donors (Lipinski definition) is 0. The summed E-state index contributed by atoms with van der Waals surface area (Å²) >= 11 is 0. The molecule has 1 aromatic heterocycles. The first kappa shape index (κ1) is 14.3. The van der Waals surface area contributed by atoms with Crippen molar-refractivity contribution in [3.05, 3.63) is 22.5 Å². The molecule has 3 heterocycles. The number of halogens is 3. The molecule has 2 fully saturated rings. The normalized spacial score (nSPS) is 29.8. The van der Waals surface area contributed by atoms with Crippen LogP contribution >= 0.6 is 0 Å². The molecule has 2 unspecified atom stereocenters. The maximum Gasteiger partial charge on any atom is 0.401 e. The van der Waals surface area contributed by atoms with Crippen LogP contribution in [0.15, 0.2) is 12.4 Å². The molecular formula is C12H15F3N4O2. The van der Waals surface area contributed by atoms with Gasteiger partial charge in [-0.25, -0.2) is 0 Å². The Labute approximate surface area is 118 Å². The van der Waals surface area contributed by atoms with Crippen molar-refractivity contribution in [2.45, 2.75) is 50.0 Å². The zero-order chi connectivity index (χ0) is 15.2. The molecule has 0 spiro atoms. The lowest BCUT2D eigenvalue weighted by atomic mass is 9.97. The molecule has 0 saturated carbocycles. The standard InChI is InChI=1S/C12H15F3N4O2/c13-12(14,15)7-17-8-1-2-9(17)4-10(3-8)18-6-11(5-16-18)19(20)21/h5-6,8-10H,1-4,7H2/t8-,9?,10?/m0/s1. The van der Waals surface area contributed by atoms with Crippen LogP contribution in [0.4, 0.5) is 18.9 Å². The van der Waals surface area contributed by atoms with Gasteiger partial charge in [0, 0.05) is 12.1 Å². The van der Waals surface area contributed by atoms with Crippen LogP contribution in [0.25, 0.3) is 0 Å². The molecule has 9 heteroatoms. The number of piperidine rings is 1. The van der Waals surface area contributed by atoms with Gasteiger partial charge >= 0.3 is 11.9 Å². The Hall–Kier alpha value is -1.64. The Morgan fingerprint density at radius 2 is 1.90 bits per heavy atom. The van der Waals surface area contributed by atoms with Crippen LogP contribution in [0.3, 0.4) is 0 Å². The molecule has 3 rings (SSSR count). The molecule has 0 radical (unpaired) electrons. The van der Waals surface area contributed by atoms with Crippen molar-refractivity contribution in [2.75, 3.05) is 6.54 Å². The van der Waals surface area contributed by atoms with Crippen molar-refractivity contribution in [1.82, 2.24) is 14.7 Å². The number of fused-ring (bicyclic) bond motifs is 2. The summed E-state index contributed by atoms with van der Waals surface area (Å²) in [4.78, 5) is 11.7. The highest BCUT2D eigenvalue weighted by Gasteiger charge is 2.46. The molecule has 2 bridgehead atoms. The minimum Gasteiger partial charge on any atom is -0.289 e. The highest BCUT2D eigenvalue weighted by atomic mass is 19.4. The summed E-state index contributed by atoms with van der Waals surface area (Å²) in [5.74, 6) is 0. The Kier molecular flexibility index (Phi) is 3.39. The Bertz CT molecular complexity index is 531. The topological polar surface area (TPSA) is 64.2 Å². The fraction of sp³-hybridized carbons (Fsp3) is 0.750. The average Bonchev–Trinajstić information content (AvgIpc) is 2.92. The van der Waals surface area contributed by atoms with Gasteiger partial charge in [-0.05, 0) is 25.7 Å². The molecule has 0 aromatic carbocycles. The molecular weight excluding hydrogens is 289 g/mol. The van der Waals surface area contributed by atoms with Gasteiger partial charge in [0.15, 0.2) is 0 Å². The van der Waals surface area contributed by atoms with Crippen molar-refractivity contribution in [3.63, 3.8) is 0 Å². The Morgan fingerprint density at radius 3 is 2.38 bits per heavy atom. The molecule has 3 atom stereocenters. The van der Waals surface area contributed by atoms with Gasteiger partial charge < -0.3 is 0 Å². The van der Waals surface area contributed by atoms with Gasteiger partial charge in [0.05, 0.1) is 17.5 Å². The summed E-state index contributed by atoms with van der Waals surface area (Å²) in [5, 5.41) is 14.7. The minimum absolute atomic E-state index is 0.0549. The molecule has 6 nitrogen and oxygen atoms in total. The van der Waals surface area contributed by atoms with Crippen molar-refractivity contribution >= 4 is 5.69 Å². The Morgan fingerprint density at radius 1 is 1.29 bits per heavy atom. The van der Waals surface area contributed by atoms with Gasteiger partial charge in [-0.1, -0.05) is 0 Å². The maximum atomic E-state index is 12.6. The smallest absolute Gasteiger partial charge is 0.289 e. The third-order valence-electron chi connectivity index (χ3n) is 4.39.